The molecule has 0 aromatic carbocycles. The van der Waals surface area contributed by atoms with E-state index in [4.69, 9.17) is 0 Å². The van der Waals surface area contributed by atoms with Gasteiger partial charge in [0.1, 0.15) is 0 Å². The summed E-state index contributed by atoms with van der Waals surface area (Å²) in [5.41, 5.74) is 0.870. The number of nitrogens with one attached hydrogen (secondary N) is 2. The maximum absolute atomic E-state index is 12.0. The van der Waals surface area contributed by atoms with E-state index in [1.54, 1.807) is 6.92 Å². The van der Waals surface area contributed by atoms with Gasteiger partial charge >= 0.3 is 0 Å². The van der Waals surface area contributed by atoms with Gasteiger partial charge in [0.25, 0.3) is 0 Å². The van der Waals surface area contributed by atoms with E-state index in [1.807, 2.05) is 20.8 Å². The van der Waals surface area contributed by atoms with E-state index in [1.165, 1.54) is 11.3 Å². The molecule has 0 saturated heterocycles. The van der Waals surface area contributed by atoms with Crippen LogP contribution in [-0.4, -0.2) is 31.7 Å². The Bertz CT molecular complexity index is 463. The molecule has 0 spiro atoms. The number of thiazole rings is 1. The number of aryl methyl sites for hydroxylation is 2. The number of hydrogen-bond donors (Lipinski definition) is 2. The molecule has 0 aliphatic heterocycles. The van der Waals surface area contributed by atoms with Crippen molar-refractivity contribution >= 4 is 26.5 Å². The quantitative estimate of drug-likeness (QED) is 0.753. The van der Waals surface area contributed by atoms with E-state index in [0.29, 0.717) is 11.7 Å². The third-order valence-corrected chi connectivity index (χ3v) is 5.47. The van der Waals surface area contributed by atoms with E-state index < -0.39 is 15.3 Å². The third-order valence-electron chi connectivity index (χ3n) is 2.65. The van der Waals surface area contributed by atoms with Gasteiger partial charge in [-0.15, -0.1) is 11.3 Å². The zero-order chi connectivity index (χ0) is 13.8. The standard InChI is InChI=1S/C11H21N3O2S2/c1-5-6-12-7-8(2)18(15,16)14-11-13-9(3)10(4)17-11/h8,12H,5-7H2,1-4H3,(H,13,14). The first-order valence-corrected chi connectivity index (χ1v) is 8.39. The Kier molecular flexibility index (Phi) is 5.55. The van der Waals surface area contributed by atoms with Crippen LogP contribution in [0, 0.1) is 13.8 Å². The number of sulfonamides is 1. The molecule has 18 heavy (non-hydrogen) atoms. The molecular formula is C11H21N3O2S2. The van der Waals surface area contributed by atoms with Crippen LogP contribution in [-0.2, 0) is 10.0 Å². The zero-order valence-electron chi connectivity index (χ0n) is 11.3. The second-order valence-corrected chi connectivity index (χ2v) is 7.62. The van der Waals surface area contributed by atoms with Crippen LogP contribution in [0.3, 0.4) is 0 Å². The van der Waals surface area contributed by atoms with Crippen molar-refractivity contribution in [3.05, 3.63) is 10.6 Å². The van der Waals surface area contributed by atoms with Crippen molar-refractivity contribution in [3.8, 4) is 0 Å². The molecule has 1 atom stereocenters. The van der Waals surface area contributed by atoms with Gasteiger partial charge in [0.2, 0.25) is 10.0 Å². The predicted molar refractivity (Wildman–Crippen MR) is 76.8 cm³/mol. The average molecular weight is 291 g/mol. The number of anilines is 1. The highest BCUT2D eigenvalue weighted by Gasteiger charge is 2.21. The Morgan fingerprint density at radius 3 is 2.56 bits per heavy atom. The first kappa shape index (κ1) is 15.4. The summed E-state index contributed by atoms with van der Waals surface area (Å²) in [5.74, 6) is 0. The molecule has 1 unspecified atom stereocenters. The molecule has 1 heterocycles. The molecule has 1 aromatic rings. The fourth-order valence-corrected chi connectivity index (χ4v) is 3.34. The van der Waals surface area contributed by atoms with Crippen molar-refractivity contribution < 1.29 is 8.42 Å². The fourth-order valence-electron chi connectivity index (χ4n) is 1.33. The van der Waals surface area contributed by atoms with Gasteiger partial charge in [0.05, 0.1) is 10.9 Å². The van der Waals surface area contributed by atoms with Gasteiger partial charge in [0.15, 0.2) is 5.13 Å². The fraction of sp³-hybridized carbons (Fsp3) is 0.727. The molecule has 0 aliphatic carbocycles. The minimum absolute atomic E-state index is 0.451. The topological polar surface area (TPSA) is 71.1 Å². The molecule has 0 fully saturated rings. The molecule has 0 aliphatic rings. The smallest absolute Gasteiger partial charge is 0.238 e. The lowest BCUT2D eigenvalue weighted by Gasteiger charge is -2.13. The molecule has 7 heteroatoms. The molecule has 0 saturated carbocycles. The molecule has 0 amide bonds. The van der Waals surface area contributed by atoms with Gasteiger partial charge in [-0.05, 0) is 33.7 Å². The van der Waals surface area contributed by atoms with Crippen molar-refractivity contribution in [1.82, 2.24) is 10.3 Å². The molecular weight excluding hydrogens is 270 g/mol. The van der Waals surface area contributed by atoms with Crippen LogP contribution in [0.15, 0.2) is 0 Å². The highest BCUT2D eigenvalue weighted by molar-refractivity contribution is 7.93. The van der Waals surface area contributed by atoms with Gasteiger partial charge in [-0.3, -0.25) is 4.72 Å². The minimum Gasteiger partial charge on any atom is -0.315 e. The van der Waals surface area contributed by atoms with Crippen molar-refractivity contribution in [2.45, 2.75) is 39.4 Å². The summed E-state index contributed by atoms with van der Waals surface area (Å²) >= 11 is 1.37. The van der Waals surface area contributed by atoms with Gasteiger partial charge in [0, 0.05) is 11.4 Å². The van der Waals surface area contributed by atoms with E-state index in [0.717, 1.165) is 23.5 Å². The normalized spacial score (nSPS) is 13.6. The number of aromatic nitrogens is 1. The predicted octanol–water partition coefficient (Wildman–Crippen LogP) is 1.89. The second kappa shape index (κ2) is 6.49. The molecule has 0 bridgehead atoms. The van der Waals surface area contributed by atoms with Crippen molar-refractivity contribution in [2.75, 3.05) is 17.8 Å². The third kappa shape index (κ3) is 4.22. The van der Waals surface area contributed by atoms with E-state index in [-0.39, 0.29) is 0 Å². The van der Waals surface area contributed by atoms with Crippen LogP contribution in [0.2, 0.25) is 0 Å². The summed E-state index contributed by atoms with van der Waals surface area (Å²) in [7, 11) is -3.36. The first-order chi connectivity index (χ1) is 8.36. The van der Waals surface area contributed by atoms with Crippen LogP contribution >= 0.6 is 11.3 Å². The molecule has 1 aromatic heterocycles. The molecule has 2 N–H and O–H groups in total. The molecule has 1 rings (SSSR count). The summed E-state index contributed by atoms with van der Waals surface area (Å²) in [6.45, 7) is 8.82. The summed E-state index contributed by atoms with van der Waals surface area (Å²) < 4.78 is 26.6. The molecule has 0 radical (unpaired) electrons. The van der Waals surface area contributed by atoms with E-state index in [9.17, 15) is 8.42 Å². The van der Waals surface area contributed by atoms with Gasteiger partial charge < -0.3 is 5.32 Å². The Hall–Kier alpha value is -0.660. The Balaban J connectivity index is 2.63. The SMILES string of the molecule is CCCNCC(C)S(=O)(=O)Nc1nc(C)c(C)s1. The maximum Gasteiger partial charge on any atom is 0.238 e. The van der Waals surface area contributed by atoms with Crippen LogP contribution < -0.4 is 10.0 Å². The van der Waals surface area contributed by atoms with Crippen LogP contribution in [0.5, 0.6) is 0 Å². The van der Waals surface area contributed by atoms with Crippen LogP contribution in [0.25, 0.3) is 0 Å². The van der Waals surface area contributed by atoms with Gasteiger partial charge in [-0.25, -0.2) is 13.4 Å². The molecule has 5 nitrogen and oxygen atoms in total. The van der Waals surface area contributed by atoms with E-state index in [2.05, 4.69) is 15.0 Å². The highest BCUT2D eigenvalue weighted by Crippen LogP contribution is 2.22. The largest absolute Gasteiger partial charge is 0.315 e. The summed E-state index contributed by atoms with van der Waals surface area (Å²) in [4.78, 5) is 5.21. The second-order valence-electron chi connectivity index (χ2n) is 4.32. The summed E-state index contributed by atoms with van der Waals surface area (Å²) in [6.07, 6.45) is 0.991. The Morgan fingerprint density at radius 2 is 2.06 bits per heavy atom. The zero-order valence-corrected chi connectivity index (χ0v) is 12.9. The van der Waals surface area contributed by atoms with Gasteiger partial charge in [-0.1, -0.05) is 6.92 Å². The van der Waals surface area contributed by atoms with E-state index >= 15 is 0 Å². The van der Waals surface area contributed by atoms with Gasteiger partial charge in [-0.2, -0.15) is 0 Å². The lowest BCUT2D eigenvalue weighted by Crippen LogP contribution is -2.35. The maximum atomic E-state index is 12.0. The lowest BCUT2D eigenvalue weighted by molar-refractivity contribution is 0.575. The Labute approximate surface area is 113 Å². The number of rotatable bonds is 7. The minimum atomic E-state index is -3.36. The van der Waals surface area contributed by atoms with Crippen molar-refractivity contribution in [2.24, 2.45) is 0 Å². The lowest BCUT2D eigenvalue weighted by atomic mass is 10.4. The van der Waals surface area contributed by atoms with Crippen molar-refractivity contribution in [1.29, 1.82) is 0 Å². The molecule has 104 valence electrons. The summed E-state index contributed by atoms with van der Waals surface area (Å²) in [5, 5.41) is 3.08. The first-order valence-electron chi connectivity index (χ1n) is 6.03. The Morgan fingerprint density at radius 1 is 1.39 bits per heavy atom. The van der Waals surface area contributed by atoms with Crippen LogP contribution in [0.1, 0.15) is 30.8 Å². The summed E-state index contributed by atoms with van der Waals surface area (Å²) in [6, 6.07) is 0. The number of nitrogens with zero attached hydrogens (tertiary/aromatic N) is 1. The number of hydrogen-bond acceptors (Lipinski definition) is 5. The average Bonchev–Trinajstić information content (AvgIpc) is 2.57. The highest BCUT2D eigenvalue weighted by atomic mass is 32.2. The van der Waals surface area contributed by atoms with Crippen molar-refractivity contribution in [3.63, 3.8) is 0 Å². The monoisotopic (exact) mass is 291 g/mol. The van der Waals surface area contributed by atoms with Crippen LogP contribution in [0.4, 0.5) is 5.13 Å².